The number of rotatable bonds is 24. The summed E-state index contributed by atoms with van der Waals surface area (Å²) in [6.45, 7) is 0. The predicted molar refractivity (Wildman–Crippen MR) is 503 cm³/mol. The van der Waals surface area contributed by atoms with Gasteiger partial charge in [-0.05, 0) is 117 Å². The van der Waals surface area contributed by atoms with E-state index in [4.69, 9.17) is 88.6 Å². The molecule has 0 aromatic carbocycles. The average Bonchev–Trinajstić information content (AvgIpc) is 1.59. The van der Waals surface area contributed by atoms with E-state index in [-0.39, 0.29) is 113 Å². The number of Topliss-reactive ketones (excluding diaryl/α,β-unsaturated/α-hetero) is 3. The second-order valence-electron chi connectivity index (χ2n) is 28.2. The number of amides is 2. The summed E-state index contributed by atoms with van der Waals surface area (Å²) in [5.41, 5.74) is 15.0. The molecule has 18 rings (SSSR count). The smallest absolute Gasteiger partial charge is 1.00 e. The minimum atomic E-state index is -0.373. The van der Waals surface area contributed by atoms with Crippen LogP contribution in [-0.4, -0.2) is 194 Å². The van der Waals surface area contributed by atoms with Gasteiger partial charge in [-0.1, -0.05) is 88.3 Å². The van der Waals surface area contributed by atoms with E-state index in [1.54, 1.807) is 148 Å². The van der Waals surface area contributed by atoms with Gasteiger partial charge in [-0.25, -0.2) is 92.7 Å². The molecule has 0 aliphatic heterocycles. The predicted octanol–water partition coefficient (Wildman–Crippen LogP) is 14.0. The Labute approximate surface area is 811 Å². The van der Waals surface area contributed by atoms with Gasteiger partial charge in [0.25, 0.3) is 11.8 Å². The summed E-state index contributed by atoms with van der Waals surface area (Å²) >= 11 is 29.8. The number of ketones is 3. The number of hydrogen-bond acceptors (Lipinski definition) is 32. The van der Waals surface area contributed by atoms with Crippen LogP contribution in [0.15, 0.2) is 220 Å². The first kappa shape index (κ1) is 103. The van der Waals surface area contributed by atoms with Crippen molar-refractivity contribution in [3.8, 4) is 34.3 Å². The van der Waals surface area contributed by atoms with E-state index in [0.717, 1.165) is 54.2 Å². The van der Waals surface area contributed by atoms with Crippen LogP contribution in [0.5, 0.6) is 11.5 Å². The third-order valence-corrected chi connectivity index (χ3v) is 19.8. The van der Waals surface area contributed by atoms with Crippen molar-refractivity contribution in [1.29, 1.82) is 0 Å². The van der Waals surface area contributed by atoms with Crippen molar-refractivity contribution in [1.82, 2.24) is 99.5 Å². The molecule has 132 heavy (non-hydrogen) atoms. The number of ether oxygens (including phenoxy) is 2. The minimum Gasteiger partial charge on any atom is -1.00 e. The Morgan fingerprint density at radius 2 is 0.750 bits per heavy atom. The second-order valence-corrected chi connectivity index (χ2v) is 30.3. The monoisotopic (exact) mass is 1960 g/mol. The van der Waals surface area contributed by atoms with Gasteiger partial charge in [0.1, 0.15) is 70.2 Å². The van der Waals surface area contributed by atoms with E-state index in [1.165, 1.54) is 72.0 Å². The number of methoxy groups -OCH3 is 2. The van der Waals surface area contributed by atoms with Crippen molar-refractivity contribution in [2.45, 2.75) is 51.4 Å². The topological polar surface area (TPSA) is 457 Å². The van der Waals surface area contributed by atoms with E-state index < -0.39 is 0 Å². The van der Waals surface area contributed by atoms with Crippen LogP contribution in [0.2, 0.25) is 25.2 Å². The van der Waals surface area contributed by atoms with Gasteiger partial charge in [0.05, 0.1) is 93.2 Å². The molecule has 14 aromatic rings. The van der Waals surface area contributed by atoms with Gasteiger partial charge in [-0.2, -0.15) is 10.2 Å². The Kier molecular flexibility index (Phi) is 40.0. The number of halogens is 6. The quantitative estimate of drug-likeness (QED) is 0.00971. The average molecular weight is 1960 g/mol. The Morgan fingerprint density at radius 1 is 0.402 bits per heavy atom. The molecule has 0 radical (unpaired) electrons. The first-order valence-electron chi connectivity index (χ1n) is 39.9. The number of nitrogens with zero attached hydrogens (tertiary/aromatic N) is 20. The van der Waals surface area contributed by atoms with Crippen LogP contribution in [0.3, 0.4) is 0 Å². The van der Waals surface area contributed by atoms with Crippen molar-refractivity contribution in [3.05, 3.63) is 280 Å². The molecule has 0 saturated heterocycles. The molecule has 0 spiro atoms. The van der Waals surface area contributed by atoms with Crippen LogP contribution < -0.4 is 64.5 Å². The van der Waals surface area contributed by atoms with Gasteiger partial charge in [-0.15, -0.1) is 0 Å². The van der Waals surface area contributed by atoms with Gasteiger partial charge < -0.3 is 70.9 Å². The van der Waals surface area contributed by atoms with Crippen LogP contribution in [-0.2, 0) is 23.8 Å². The van der Waals surface area contributed by atoms with Crippen LogP contribution in [0.1, 0.15) is 103 Å². The number of nitrogen functional groups attached to an aromatic ring is 2. The number of hydrogen-bond donors (Lipinski definition) is 7. The number of anilines is 12. The fourth-order valence-electron chi connectivity index (χ4n) is 11.1. The zero-order valence-electron chi connectivity index (χ0n) is 72.5. The Bertz CT molecular complexity index is 6020. The maximum Gasteiger partial charge on any atom is 2.00 e. The molecule has 4 aliphatic carbocycles. The molecule has 4 aliphatic rings. The van der Waals surface area contributed by atoms with Crippen LogP contribution >= 0.6 is 58.0 Å². The molecule has 0 atom stereocenters. The third-order valence-electron chi connectivity index (χ3n) is 18.3. The zero-order chi connectivity index (χ0) is 92.6. The summed E-state index contributed by atoms with van der Waals surface area (Å²) in [4.78, 5) is 128. The Balaban J connectivity index is 0.000000177. The Morgan fingerprint density at radius 3 is 1.07 bits per heavy atom. The number of nitrogens with one attached hydrogen (secondary N) is 5. The van der Waals surface area contributed by atoms with Crippen molar-refractivity contribution in [2.75, 3.05) is 80.6 Å². The standard InChI is InChI=1S/C23H22N8O2.2C14H12ClN3O.C13H13ClN4O2.C9H11N5O.C8H8Cl2N2O2.C5H6N2.C3H5.BrH.Mg/c1-31-13-27-22(30-31)15-8-10-25-23(21(15)33-2)28-17-11-19(29-18-5-3-4-9-24-18)26-12-16(17)20(32)14-6-7-14;2*15-11-7-13(18-12-3-1-2-6-16-12)17-8-10(11)14(19)9-4-5-9;1-18(20-2)13(19)9-8-16-12(7-10(9)14)17-11-5-3-4-6-15-11;1-14-5-12-9(13-14)6-3-4-11-8(10)7(6)15-2;1-12(14-2)8(13)5-4-11-7(10)3-6(5)9;6-5-3-1-2-4-7-5;1-2-3-1;;/h3-5,8-14H,6-7H2,1-2H3,(H2,24,25,26,28,29);2*1-3,6-9H,4-5H2,(H,16,17,18);3-8H,1-2H3,(H,15,16,17);3-5H,1-2H3,(H2,10,11);3-4H,1-2H3;1-4H,(H2,6,7);1H,2-3H2;1H;/q;;;;;;;-1;;+2/p-1. The summed E-state index contributed by atoms with van der Waals surface area (Å²) in [5, 5.41) is 27.8. The van der Waals surface area contributed by atoms with Gasteiger partial charge in [-0.3, -0.25) is 43.0 Å². The minimum absolute atomic E-state index is 0. The first-order chi connectivity index (χ1) is 62.9. The molecule has 14 heterocycles. The summed E-state index contributed by atoms with van der Waals surface area (Å²) in [6.07, 6.45) is 32.9. The van der Waals surface area contributed by atoms with E-state index in [0.29, 0.717) is 125 Å². The maximum atomic E-state index is 12.9. The number of hydroxylamine groups is 4. The summed E-state index contributed by atoms with van der Waals surface area (Å²) in [7, 11) is 12.5. The normalized spacial score (nSPS) is 12.1. The molecule has 43 heteroatoms. The molecule has 9 N–H and O–H groups in total. The maximum absolute atomic E-state index is 12.9. The van der Waals surface area contributed by atoms with Gasteiger partial charge in [0.15, 0.2) is 52.1 Å². The molecule has 2 amide bonds. The van der Waals surface area contributed by atoms with Crippen molar-refractivity contribution in [3.63, 3.8) is 0 Å². The van der Waals surface area contributed by atoms with E-state index >= 15 is 0 Å². The van der Waals surface area contributed by atoms with Crippen LogP contribution in [0.25, 0.3) is 22.8 Å². The van der Waals surface area contributed by atoms with Gasteiger partial charge in [0.2, 0.25) is 0 Å². The van der Waals surface area contributed by atoms with E-state index in [9.17, 15) is 24.0 Å². The first-order valence-corrected chi connectivity index (χ1v) is 41.8. The van der Waals surface area contributed by atoms with Crippen LogP contribution in [0.4, 0.5) is 69.7 Å². The van der Waals surface area contributed by atoms with Gasteiger partial charge in [0, 0.05) is 145 Å². The number of aromatic nitrogens is 18. The number of aryl methyl sites for hydroxylation is 2. The summed E-state index contributed by atoms with van der Waals surface area (Å²) in [6, 6.07) is 39.2. The van der Waals surface area contributed by atoms with Crippen molar-refractivity contribution < 1.29 is 60.1 Å². The SMILES string of the molecule is CON(C)C(=O)c1cnc(Cl)cc1Cl.CON(C)C(=O)c1cnc(Nc2ccccn2)cc1Cl.COc1c(-c2ncn(C)n2)ccnc1N.COc1c(-c2ncn(C)n2)ccnc1Nc1cc(Nc2ccccn2)ncc1C(=O)C1CC1.Nc1ccccn1.O=C(c1cnc(Nc2ccccn2)cc1Cl)C1CC1.O=C(c1cnc(Nc2ccccn2)cc1Cl)C1CC1.[Br-].[CH-]1CC1.[Mg+2]. The summed E-state index contributed by atoms with van der Waals surface area (Å²) < 4.78 is 14.1. The van der Waals surface area contributed by atoms with Crippen molar-refractivity contribution in [2.24, 2.45) is 31.8 Å². The fourth-order valence-corrected chi connectivity index (χ4v) is 12.3. The van der Waals surface area contributed by atoms with Gasteiger partial charge >= 0.3 is 23.1 Å². The molecule has 4 saturated carbocycles. The molecule has 36 nitrogen and oxygen atoms in total. The fraction of sp³-hybridized carbons (Fsp3) is 0.213. The van der Waals surface area contributed by atoms with E-state index in [2.05, 4.69) is 113 Å². The molecule has 0 bridgehead atoms. The molecule has 14 aromatic heterocycles. The second kappa shape index (κ2) is 51.4. The molecule has 678 valence electrons. The van der Waals surface area contributed by atoms with Crippen molar-refractivity contribution >= 4 is 180 Å². The molecular formula is C89H89BrCl5MgN27O9. The number of pyridine rings is 12. The molecule has 0 unspecified atom stereocenters. The molecule has 4 fully saturated rings. The largest absolute Gasteiger partial charge is 2.00 e. The van der Waals surface area contributed by atoms with E-state index in [1.807, 2.05) is 78.9 Å². The number of carbonyl (C=O) groups is 5. The Hall–Kier alpha value is -13.2. The van der Waals surface area contributed by atoms with Crippen LogP contribution in [0, 0.1) is 24.2 Å². The number of carbonyl (C=O) groups excluding carboxylic acids is 5. The summed E-state index contributed by atoms with van der Waals surface area (Å²) in [5.74, 6) is 8.16. The third kappa shape index (κ3) is 31.3. The zero-order valence-corrected chi connectivity index (χ0v) is 79.3. The number of nitrogens with two attached hydrogens (primary N) is 2. The molecular weight excluding hydrogens is 1870 g/mol.